The molecule has 2 aromatic rings. The van der Waals surface area contributed by atoms with Crippen LogP contribution in [0.5, 0.6) is 17.4 Å². The number of aromatic nitrogens is 2. The summed E-state index contributed by atoms with van der Waals surface area (Å²) in [5, 5.41) is 15.8. The van der Waals surface area contributed by atoms with E-state index >= 15 is 0 Å². The minimum atomic E-state index is -0.777. The maximum absolute atomic E-state index is 12.3. The van der Waals surface area contributed by atoms with Gasteiger partial charge in [0.05, 0.1) is 26.0 Å². The van der Waals surface area contributed by atoms with Crippen molar-refractivity contribution in [3.63, 3.8) is 0 Å². The second kappa shape index (κ2) is 7.22. The summed E-state index contributed by atoms with van der Waals surface area (Å²) in [6.45, 7) is 1.34. The van der Waals surface area contributed by atoms with E-state index in [0.29, 0.717) is 17.1 Å². The van der Waals surface area contributed by atoms with Gasteiger partial charge in [0.2, 0.25) is 11.8 Å². The molecule has 0 unspecified atom stereocenters. The molecule has 1 atom stereocenters. The first-order valence-electron chi connectivity index (χ1n) is 8.40. The Hall–Kier alpha value is -3.56. The Labute approximate surface area is 159 Å². The van der Waals surface area contributed by atoms with Gasteiger partial charge in [0.1, 0.15) is 17.1 Å². The number of H-pyrrole nitrogens is 1. The van der Waals surface area contributed by atoms with Gasteiger partial charge in [-0.25, -0.2) is 9.80 Å². The number of ether oxygens (including phenoxy) is 2. The third-order valence-corrected chi connectivity index (χ3v) is 4.61. The monoisotopic (exact) mass is 388 g/mol. The van der Waals surface area contributed by atoms with Crippen LogP contribution < -0.4 is 20.7 Å². The number of aromatic amines is 1. The summed E-state index contributed by atoms with van der Waals surface area (Å²) in [7, 11) is 4.34. The van der Waals surface area contributed by atoms with E-state index in [1.54, 1.807) is 18.2 Å². The highest BCUT2D eigenvalue weighted by atomic mass is 16.5. The van der Waals surface area contributed by atoms with Crippen LogP contribution in [0.3, 0.4) is 0 Å². The number of carbonyl (C=O) groups is 1. The van der Waals surface area contributed by atoms with Crippen LogP contribution in [0.1, 0.15) is 30.5 Å². The van der Waals surface area contributed by atoms with Crippen LogP contribution in [-0.2, 0) is 11.8 Å². The molecule has 0 spiro atoms. The van der Waals surface area contributed by atoms with Gasteiger partial charge in [-0.15, -0.1) is 0 Å². The number of amides is 1. The Morgan fingerprint density at radius 1 is 1.29 bits per heavy atom. The summed E-state index contributed by atoms with van der Waals surface area (Å²) >= 11 is 0. The number of rotatable bonds is 4. The smallest absolute Gasteiger partial charge is 0.330 e. The van der Waals surface area contributed by atoms with E-state index < -0.39 is 23.2 Å². The summed E-state index contributed by atoms with van der Waals surface area (Å²) in [4.78, 5) is 38.3. The van der Waals surface area contributed by atoms with E-state index in [1.165, 1.54) is 33.2 Å². The van der Waals surface area contributed by atoms with E-state index in [9.17, 15) is 19.5 Å². The van der Waals surface area contributed by atoms with Crippen molar-refractivity contribution in [3.05, 3.63) is 50.2 Å². The fourth-order valence-corrected chi connectivity index (χ4v) is 3.16. The molecule has 10 nitrogen and oxygen atoms in total. The topological polar surface area (TPSA) is 126 Å². The summed E-state index contributed by atoms with van der Waals surface area (Å²) in [5.41, 5.74) is -0.867. The number of hydrogen-bond acceptors (Lipinski definition) is 7. The summed E-state index contributed by atoms with van der Waals surface area (Å²) < 4.78 is 11.6. The van der Waals surface area contributed by atoms with Gasteiger partial charge in [0.25, 0.3) is 5.56 Å². The third-order valence-electron chi connectivity index (χ3n) is 4.61. The summed E-state index contributed by atoms with van der Waals surface area (Å²) in [6.07, 6.45) is 0.137. The number of methoxy groups -OCH3 is 2. The number of hydrogen-bond donors (Lipinski definition) is 2. The van der Waals surface area contributed by atoms with Crippen LogP contribution in [-0.4, -0.2) is 45.5 Å². The van der Waals surface area contributed by atoms with Gasteiger partial charge >= 0.3 is 5.69 Å². The third kappa shape index (κ3) is 3.13. The van der Waals surface area contributed by atoms with Gasteiger partial charge in [0, 0.05) is 26.0 Å². The Morgan fingerprint density at radius 2 is 2.00 bits per heavy atom. The van der Waals surface area contributed by atoms with Crippen LogP contribution in [0.2, 0.25) is 0 Å². The zero-order valence-electron chi connectivity index (χ0n) is 15.8. The van der Waals surface area contributed by atoms with E-state index in [2.05, 4.69) is 10.1 Å². The summed E-state index contributed by atoms with van der Waals surface area (Å²) in [6, 6.07) is 4.58. The van der Waals surface area contributed by atoms with E-state index in [-0.39, 0.29) is 23.6 Å². The van der Waals surface area contributed by atoms with E-state index in [1.807, 2.05) is 0 Å². The maximum Gasteiger partial charge on any atom is 0.330 e. The van der Waals surface area contributed by atoms with Gasteiger partial charge in [0.15, 0.2) is 0 Å². The predicted molar refractivity (Wildman–Crippen MR) is 99.9 cm³/mol. The molecule has 1 aliphatic rings. The molecule has 1 amide bonds. The molecule has 0 aliphatic carbocycles. The van der Waals surface area contributed by atoms with Gasteiger partial charge < -0.3 is 14.6 Å². The van der Waals surface area contributed by atoms with E-state index in [4.69, 9.17) is 9.47 Å². The fraction of sp³-hybridized carbons (Fsp3) is 0.333. The van der Waals surface area contributed by atoms with Crippen molar-refractivity contribution in [2.24, 2.45) is 12.1 Å². The zero-order valence-corrected chi connectivity index (χ0v) is 15.8. The molecule has 2 heterocycles. The Balaban J connectivity index is 2.13. The Morgan fingerprint density at radius 3 is 2.61 bits per heavy atom. The minimum Gasteiger partial charge on any atom is -0.497 e. The maximum atomic E-state index is 12.3. The normalized spacial score (nSPS) is 16.1. The van der Waals surface area contributed by atoms with Crippen LogP contribution in [0, 0.1) is 0 Å². The highest BCUT2D eigenvalue weighted by molar-refractivity contribution is 6.04. The molecular formula is C18H20N4O6. The molecule has 148 valence electrons. The molecule has 3 rings (SSSR count). The molecule has 1 aliphatic heterocycles. The van der Waals surface area contributed by atoms with Crippen molar-refractivity contribution in [2.75, 3.05) is 14.2 Å². The summed E-state index contributed by atoms with van der Waals surface area (Å²) in [5.74, 6) is 0.211. The van der Waals surface area contributed by atoms with Crippen molar-refractivity contribution in [1.82, 2.24) is 14.6 Å². The average Bonchev–Trinajstić information content (AvgIpc) is 3.10. The molecule has 2 N–H and O–H groups in total. The minimum absolute atomic E-state index is 0.137. The van der Waals surface area contributed by atoms with Crippen LogP contribution in [0.15, 0.2) is 32.9 Å². The van der Waals surface area contributed by atoms with Crippen molar-refractivity contribution < 1.29 is 19.4 Å². The van der Waals surface area contributed by atoms with Crippen molar-refractivity contribution in [2.45, 2.75) is 19.4 Å². The highest BCUT2D eigenvalue weighted by Crippen LogP contribution is 2.39. The number of benzene rings is 1. The molecule has 0 bridgehead atoms. The number of nitrogens with zero attached hydrogens (tertiary/aromatic N) is 3. The fourth-order valence-electron chi connectivity index (χ4n) is 3.16. The van der Waals surface area contributed by atoms with Gasteiger partial charge in [-0.3, -0.25) is 19.1 Å². The highest BCUT2D eigenvalue weighted by Gasteiger charge is 2.36. The largest absolute Gasteiger partial charge is 0.497 e. The number of aromatic hydroxyl groups is 1. The molecular weight excluding hydrogens is 368 g/mol. The average molecular weight is 388 g/mol. The molecule has 0 fully saturated rings. The lowest BCUT2D eigenvalue weighted by Gasteiger charge is -2.22. The first-order valence-corrected chi connectivity index (χ1v) is 8.40. The predicted octanol–water partition coefficient (Wildman–Crippen LogP) is 0.494. The standard InChI is InChI=1S/C18H20N4O6/c1-9(23)22-13(11-7-10(27-3)5-6-14(11)28-4)8-12(20-22)15-16(24)19-18(26)21(2)17(15)25/h5-7,13,25H,8H2,1-4H3,(H,19,24,26)/t13-/m0/s1. The quantitative estimate of drug-likeness (QED) is 0.785. The van der Waals surface area contributed by atoms with Crippen molar-refractivity contribution in [1.29, 1.82) is 0 Å². The molecule has 1 aromatic heterocycles. The number of hydrazone groups is 1. The SMILES string of the molecule is COc1ccc(OC)c([C@@H]2CC(c3c(O)n(C)c(=O)[nH]c3=O)=NN2C(C)=O)c1. The first kappa shape index (κ1) is 19.2. The number of nitrogens with one attached hydrogen (secondary N) is 1. The number of carbonyl (C=O) groups excluding carboxylic acids is 1. The molecule has 28 heavy (non-hydrogen) atoms. The van der Waals surface area contributed by atoms with E-state index in [0.717, 1.165) is 4.57 Å². The van der Waals surface area contributed by atoms with Gasteiger partial charge in [-0.1, -0.05) is 0 Å². The lowest BCUT2D eigenvalue weighted by atomic mass is 9.98. The van der Waals surface area contributed by atoms with Crippen LogP contribution in [0.4, 0.5) is 0 Å². The molecule has 0 saturated heterocycles. The zero-order chi connectivity index (χ0) is 20.6. The van der Waals surface area contributed by atoms with Gasteiger partial charge in [-0.05, 0) is 18.2 Å². The lowest BCUT2D eigenvalue weighted by Crippen LogP contribution is -2.32. The second-order valence-electron chi connectivity index (χ2n) is 6.25. The van der Waals surface area contributed by atoms with Crippen LogP contribution in [0.25, 0.3) is 0 Å². The Kier molecular flexibility index (Phi) is 4.95. The molecule has 0 saturated carbocycles. The van der Waals surface area contributed by atoms with Crippen molar-refractivity contribution in [3.8, 4) is 17.4 Å². The second-order valence-corrected chi connectivity index (χ2v) is 6.25. The lowest BCUT2D eigenvalue weighted by molar-refractivity contribution is -0.130. The first-order chi connectivity index (χ1) is 13.3. The van der Waals surface area contributed by atoms with Crippen LogP contribution >= 0.6 is 0 Å². The molecule has 1 aromatic carbocycles. The Bertz CT molecular complexity index is 1080. The molecule has 0 radical (unpaired) electrons. The van der Waals surface area contributed by atoms with Crippen molar-refractivity contribution >= 4 is 11.6 Å². The molecule has 10 heteroatoms. The van der Waals surface area contributed by atoms with Gasteiger partial charge in [-0.2, -0.15) is 5.10 Å².